The fourth-order valence-corrected chi connectivity index (χ4v) is 3.27. The largest absolute Gasteiger partial charge is 0.357 e. The molecule has 0 aromatic carbocycles. The van der Waals surface area contributed by atoms with Gasteiger partial charge in [-0.25, -0.2) is 0 Å². The zero-order valence-electron chi connectivity index (χ0n) is 10.7. The second kappa shape index (κ2) is 5.14. The lowest BCUT2D eigenvalue weighted by Gasteiger charge is -2.35. The molecule has 2 aliphatic rings. The van der Waals surface area contributed by atoms with Crippen LogP contribution in [0.15, 0.2) is 18.3 Å². The van der Waals surface area contributed by atoms with Crippen LogP contribution in [0.2, 0.25) is 0 Å². The topological polar surface area (TPSA) is 48.1 Å². The Morgan fingerprint density at radius 2 is 2.28 bits per heavy atom. The Morgan fingerprint density at radius 1 is 1.33 bits per heavy atom. The standard InChI is InChI=1S/C14H21N3O/c18-14(13-6-2-8-16-13)17-9-3-4-11(10-17)12-5-1-7-15-12/h2,6,8,11-12,15-16H,1,3-5,7,9-10H2. The number of rotatable bonds is 2. The number of piperidine rings is 1. The minimum Gasteiger partial charge on any atom is -0.357 e. The van der Waals surface area contributed by atoms with Gasteiger partial charge in [0.25, 0.3) is 5.91 Å². The first-order valence-electron chi connectivity index (χ1n) is 7.00. The molecule has 1 aromatic heterocycles. The molecule has 0 radical (unpaired) electrons. The van der Waals surface area contributed by atoms with Crippen LogP contribution in [-0.4, -0.2) is 41.5 Å². The van der Waals surface area contributed by atoms with Crippen LogP contribution in [0.25, 0.3) is 0 Å². The maximum absolute atomic E-state index is 12.3. The van der Waals surface area contributed by atoms with E-state index in [1.807, 2.05) is 23.2 Å². The van der Waals surface area contributed by atoms with E-state index in [1.165, 1.54) is 19.3 Å². The molecule has 98 valence electrons. The van der Waals surface area contributed by atoms with Gasteiger partial charge in [-0.05, 0) is 50.3 Å². The quantitative estimate of drug-likeness (QED) is 0.834. The van der Waals surface area contributed by atoms with E-state index in [1.54, 1.807) is 0 Å². The second-order valence-electron chi connectivity index (χ2n) is 5.44. The summed E-state index contributed by atoms with van der Waals surface area (Å²) < 4.78 is 0. The summed E-state index contributed by atoms with van der Waals surface area (Å²) in [5.74, 6) is 0.794. The highest BCUT2D eigenvalue weighted by molar-refractivity contribution is 5.92. The van der Waals surface area contributed by atoms with Gasteiger partial charge in [0.2, 0.25) is 0 Å². The Kier molecular flexibility index (Phi) is 3.37. The van der Waals surface area contributed by atoms with Crippen molar-refractivity contribution in [1.29, 1.82) is 0 Å². The lowest BCUT2D eigenvalue weighted by Crippen LogP contribution is -2.45. The number of aromatic amines is 1. The zero-order chi connectivity index (χ0) is 12.4. The van der Waals surface area contributed by atoms with Gasteiger partial charge >= 0.3 is 0 Å². The van der Waals surface area contributed by atoms with Crippen LogP contribution >= 0.6 is 0 Å². The van der Waals surface area contributed by atoms with Crippen LogP contribution < -0.4 is 5.32 Å². The van der Waals surface area contributed by atoms with Crippen LogP contribution in [-0.2, 0) is 0 Å². The van der Waals surface area contributed by atoms with E-state index in [0.29, 0.717) is 12.0 Å². The zero-order valence-corrected chi connectivity index (χ0v) is 10.7. The van der Waals surface area contributed by atoms with Crippen molar-refractivity contribution in [3.05, 3.63) is 24.0 Å². The maximum Gasteiger partial charge on any atom is 0.270 e. The lowest BCUT2D eigenvalue weighted by atomic mass is 9.89. The number of nitrogens with one attached hydrogen (secondary N) is 2. The third kappa shape index (κ3) is 2.29. The molecular formula is C14H21N3O. The summed E-state index contributed by atoms with van der Waals surface area (Å²) >= 11 is 0. The highest BCUT2D eigenvalue weighted by atomic mass is 16.2. The van der Waals surface area contributed by atoms with Crippen molar-refractivity contribution in [3.63, 3.8) is 0 Å². The molecule has 4 nitrogen and oxygen atoms in total. The Morgan fingerprint density at radius 3 is 3.00 bits per heavy atom. The van der Waals surface area contributed by atoms with Crippen LogP contribution in [0, 0.1) is 5.92 Å². The van der Waals surface area contributed by atoms with E-state index < -0.39 is 0 Å². The van der Waals surface area contributed by atoms with Gasteiger partial charge in [-0.1, -0.05) is 0 Å². The third-order valence-corrected chi connectivity index (χ3v) is 4.24. The highest BCUT2D eigenvalue weighted by Gasteiger charge is 2.31. The molecule has 18 heavy (non-hydrogen) atoms. The molecule has 2 N–H and O–H groups in total. The van der Waals surface area contributed by atoms with Gasteiger partial charge in [-0.3, -0.25) is 4.79 Å². The van der Waals surface area contributed by atoms with E-state index in [0.717, 1.165) is 31.7 Å². The maximum atomic E-state index is 12.3. The van der Waals surface area contributed by atoms with E-state index in [9.17, 15) is 4.79 Å². The van der Waals surface area contributed by atoms with Crippen molar-refractivity contribution in [1.82, 2.24) is 15.2 Å². The Hall–Kier alpha value is -1.29. The predicted molar refractivity (Wildman–Crippen MR) is 70.4 cm³/mol. The normalized spacial score (nSPS) is 28.6. The summed E-state index contributed by atoms with van der Waals surface area (Å²) in [4.78, 5) is 17.3. The highest BCUT2D eigenvalue weighted by Crippen LogP contribution is 2.25. The molecule has 1 aromatic rings. The number of likely N-dealkylation sites (tertiary alicyclic amines) is 1. The fourth-order valence-electron chi connectivity index (χ4n) is 3.27. The molecule has 2 unspecified atom stereocenters. The Labute approximate surface area is 108 Å². The second-order valence-corrected chi connectivity index (χ2v) is 5.44. The number of carbonyl (C=O) groups excluding carboxylic acids is 1. The van der Waals surface area contributed by atoms with Gasteiger partial charge in [0.05, 0.1) is 0 Å². The summed E-state index contributed by atoms with van der Waals surface area (Å²) in [6, 6.07) is 4.37. The number of H-pyrrole nitrogens is 1. The third-order valence-electron chi connectivity index (χ3n) is 4.24. The molecule has 3 rings (SSSR count). The van der Waals surface area contributed by atoms with Crippen molar-refractivity contribution in [2.45, 2.75) is 31.7 Å². The summed E-state index contributed by atoms with van der Waals surface area (Å²) in [5.41, 5.74) is 0.718. The van der Waals surface area contributed by atoms with E-state index >= 15 is 0 Å². The summed E-state index contributed by atoms with van der Waals surface area (Å²) in [7, 11) is 0. The number of carbonyl (C=O) groups is 1. The molecular weight excluding hydrogens is 226 g/mol. The molecule has 2 atom stereocenters. The monoisotopic (exact) mass is 247 g/mol. The van der Waals surface area contributed by atoms with Crippen LogP contribution in [0.1, 0.15) is 36.2 Å². The van der Waals surface area contributed by atoms with Gasteiger partial charge in [0.1, 0.15) is 5.69 Å². The van der Waals surface area contributed by atoms with Crippen LogP contribution in [0.5, 0.6) is 0 Å². The van der Waals surface area contributed by atoms with Crippen LogP contribution in [0.4, 0.5) is 0 Å². The first-order chi connectivity index (χ1) is 8.84. The molecule has 0 saturated carbocycles. The van der Waals surface area contributed by atoms with Gasteiger partial charge in [-0.15, -0.1) is 0 Å². The molecule has 3 heterocycles. The average molecular weight is 247 g/mol. The first kappa shape index (κ1) is 11.8. The van der Waals surface area contributed by atoms with Gasteiger partial charge in [0, 0.05) is 25.3 Å². The van der Waals surface area contributed by atoms with Crippen molar-refractivity contribution >= 4 is 5.91 Å². The average Bonchev–Trinajstić information content (AvgIpc) is 3.11. The number of hydrogen-bond donors (Lipinski definition) is 2. The summed E-state index contributed by atoms with van der Waals surface area (Å²) in [6.45, 7) is 2.96. The number of hydrogen-bond acceptors (Lipinski definition) is 2. The minimum atomic E-state index is 0.155. The van der Waals surface area contributed by atoms with E-state index in [2.05, 4.69) is 10.3 Å². The van der Waals surface area contributed by atoms with Crippen molar-refractivity contribution in [2.24, 2.45) is 5.92 Å². The first-order valence-corrected chi connectivity index (χ1v) is 7.00. The predicted octanol–water partition coefficient (Wildman–Crippen LogP) is 1.62. The molecule has 2 fully saturated rings. The van der Waals surface area contributed by atoms with E-state index in [-0.39, 0.29) is 5.91 Å². The summed E-state index contributed by atoms with van der Waals surface area (Å²) in [6.07, 6.45) is 6.76. The number of amides is 1. The molecule has 1 amide bonds. The van der Waals surface area contributed by atoms with E-state index in [4.69, 9.17) is 0 Å². The van der Waals surface area contributed by atoms with Crippen molar-refractivity contribution < 1.29 is 4.79 Å². The molecule has 0 aliphatic carbocycles. The van der Waals surface area contributed by atoms with Crippen molar-refractivity contribution in [3.8, 4) is 0 Å². The number of nitrogens with zero attached hydrogens (tertiary/aromatic N) is 1. The Balaban J connectivity index is 1.64. The molecule has 2 saturated heterocycles. The molecule has 4 heteroatoms. The smallest absolute Gasteiger partial charge is 0.270 e. The number of aromatic nitrogens is 1. The molecule has 0 spiro atoms. The lowest BCUT2D eigenvalue weighted by molar-refractivity contribution is 0.0646. The van der Waals surface area contributed by atoms with Gasteiger partial charge < -0.3 is 15.2 Å². The van der Waals surface area contributed by atoms with Crippen LogP contribution in [0.3, 0.4) is 0 Å². The molecule has 2 aliphatic heterocycles. The SMILES string of the molecule is O=C(c1ccc[nH]1)N1CCCC(C2CCCN2)C1. The minimum absolute atomic E-state index is 0.155. The molecule has 0 bridgehead atoms. The van der Waals surface area contributed by atoms with Gasteiger partial charge in [-0.2, -0.15) is 0 Å². The van der Waals surface area contributed by atoms with Crippen molar-refractivity contribution in [2.75, 3.05) is 19.6 Å². The summed E-state index contributed by atoms with van der Waals surface area (Å²) in [5, 5.41) is 3.57. The van der Waals surface area contributed by atoms with Gasteiger partial charge in [0.15, 0.2) is 0 Å². The fraction of sp³-hybridized carbons (Fsp3) is 0.643. The Bertz CT molecular complexity index is 395.